The lowest BCUT2D eigenvalue weighted by atomic mass is 9.68. The van der Waals surface area contributed by atoms with E-state index >= 15 is 0 Å². The van der Waals surface area contributed by atoms with Crippen molar-refractivity contribution in [1.29, 1.82) is 0 Å². The summed E-state index contributed by atoms with van der Waals surface area (Å²) in [5.41, 5.74) is 9.15. The van der Waals surface area contributed by atoms with Crippen molar-refractivity contribution in [3.63, 3.8) is 0 Å². The molecule has 11 aromatic carbocycles. The monoisotopic (exact) mass is 847 g/mol. The van der Waals surface area contributed by atoms with E-state index in [4.69, 9.17) is 0 Å². The standard InChI is InChI=1S/C65H45N/c1-4-18-46(19-5-1)50-22-14-23-51(44-50)47-36-40-56(41-37-47)66(57-42-38-48(39-43-57)52-24-15-25-53(45-52)59-32-16-21-49-20-10-11-30-58(49)59)63-35-17-34-62-64(63)60-31-12-13-33-61(60)65(62,54-26-6-2-7-27-54)55-28-8-3-9-29-55/h1-45H/i36D,37D,38D,39D,40D,41D,42D,43D. The normalized spacial score (nSPS) is 14.1. The van der Waals surface area contributed by atoms with E-state index in [2.05, 4.69) is 54.6 Å². The van der Waals surface area contributed by atoms with Crippen LogP contribution in [0.15, 0.2) is 273 Å². The fourth-order valence-corrected chi connectivity index (χ4v) is 9.94. The summed E-state index contributed by atoms with van der Waals surface area (Å²) in [6.07, 6.45) is 0. The first-order valence-corrected chi connectivity index (χ1v) is 22.2. The van der Waals surface area contributed by atoms with Crippen molar-refractivity contribution in [1.82, 2.24) is 0 Å². The number of hydrogen-bond acceptors (Lipinski definition) is 1. The van der Waals surface area contributed by atoms with Crippen molar-refractivity contribution in [2.75, 3.05) is 4.90 Å². The zero-order valence-corrected chi connectivity index (χ0v) is 35.8. The topological polar surface area (TPSA) is 3.24 Å². The van der Waals surface area contributed by atoms with Gasteiger partial charge in [0, 0.05) is 16.9 Å². The average molecular weight is 848 g/mol. The summed E-state index contributed by atoms with van der Waals surface area (Å²) in [4.78, 5) is 1.46. The van der Waals surface area contributed by atoms with Crippen LogP contribution in [0.1, 0.15) is 33.2 Å². The molecule has 1 heteroatoms. The summed E-state index contributed by atoms with van der Waals surface area (Å²) < 4.78 is 79.3. The number of rotatable bonds is 9. The molecular weight excluding hydrogens is 795 g/mol. The quantitative estimate of drug-likeness (QED) is 0.140. The van der Waals surface area contributed by atoms with Crippen LogP contribution < -0.4 is 4.90 Å². The number of benzene rings is 11. The van der Waals surface area contributed by atoms with Crippen molar-refractivity contribution in [2.45, 2.75) is 5.41 Å². The van der Waals surface area contributed by atoms with Gasteiger partial charge in [0.1, 0.15) is 0 Å². The van der Waals surface area contributed by atoms with Gasteiger partial charge in [-0.15, -0.1) is 0 Å². The van der Waals surface area contributed by atoms with E-state index in [9.17, 15) is 11.0 Å². The highest BCUT2D eigenvalue weighted by Gasteiger charge is 2.47. The first kappa shape index (κ1) is 31.3. The van der Waals surface area contributed by atoms with Crippen LogP contribution in [0.3, 0.4) is 0 Å². The van der Waals surface area contributed by atoms with Gasteiger partial charge in [-0.2, -0.15) is 0 Å². The molecule has 0 radical (unpaired) electrons. The van der Waals surface area contributed by atoms with E-state index in [1.54, 1.807) is 12.1 Å². The predicted molar refractivity (Wildman–Crippen MR) is 278 cm³/mol. The van der Waals surface area contributed by atoms with Gasteiger partial charge in [0.2, 0.25) is 0 Å². The molecule has 0 saturated carbocycles. The second-order valence-electron chi connectivity index (χ2n) is 16.6. The largest absolute Gasteiger partial charge is 0.310 e. The molecule has 0 N–H and O–H groups in total. The minimum Gasteiger partial charge on any atom is -0.310 e. The van der Waals surface area contributed by atoms with Crippen LogP contribution in [0, 0.1) is 0 Å². The second-order valence-corrected chi connectivity index (χ2v) is 16.6. The molecule has 0 bridgehead atoms. The minimum absolute atomic E-state index is 0.0924. The number of hydrogen-bond donors (Lipinski definition) is 0. The summed E-state index contributed by atoms with van der Waals surface area (Å²) >= 11 is 0. The lowest BCUT2D eigenvalue weighted by Crippen LogP contribution is -2.28. The fraction of sp³-hybridized carbons (Fsp3) is 0.0154. The maximum absolute atomic E-state index is 10.0. The van der Waals surface area contributed by atoms with E-state index in [0.29, 0.717) is 22.4 Å². The summed E-state index contributed by atoms with van der Waals surface area (Å²) in [7, 11) is 0. The van der Waals surface area contributed by atoms with Crippen LogP contribution in [0.25, 0.3) is 66.4 Å². The van der Waals surface area contributed by atoms with E-state index in [1.165, 1.54) is 4.90 Å². The third-order valence-electron chi connectivity index (χ3n) is 12.9. The summed E-state index contributed by atoms with van der Waals surface area (Å²) in [6.45, 7) is 0. The molecule has 0 amide bonds. The Labute approximate surface area is 398 Å². The van der Waals surface area contributed by atoms with Gasteiger partial charge in [-0.05, 0) is 125 Å². The first-order valence-electron chi connectivity index (χ1n) is 26.2. The lowest BCUT2D eigenvalue weighted by molar-refractivity contribution is 0.768. The van der Waals surface area contributed by atoms with Crippen molar-refractivity contribution < 1.29 is 11.0 Å². The smallest absolute Gasteiger partial charge is 0.0714 e. The van der Waals surface area contributed by atoms with Crippen LogP contribution >= 0.6 is 0 Å². The van der Waals surface area contributed by atoms with Crippen LogP contribution in [-0.4, -0.2) is 0 Å². The third-order valence-corrected chi connectivity index (χ3v) is 12.9. The van der Waals surface area contributed by atoms with Gasteiger partial charge in [0.15, 0.2) is 0 Å². The molecule has 0 spiro atoms. The molecule has 1 aliphatic rings. The third kappa shape index (κ3) is 6.64. The second kappa shape index (κ2) is 16.6. The average Bonchev–Trinajstić information content (AvgIpc) is 3.78. The number of nitrogens with zero attached hydrogens (tertiary/aromatic N) is 1. The molecule has 11 aromatic rings. The van der Waals surface area contributed by atoms with Gasteiger partial charge in [-0.3, -0.25) is 0 Å². The molecule has 0 heterocycles. The van der Waals surface area contributed by atoms with Crippen molar-refractivity contribution >= 4 is 27.8 Å². The first-order chi connectivity index (χ1) is 36.1. The highest BCUT2D eigenvalue weighted by molar-refractivity contribution is 5.99. The SMILES string of the molecule is [2H]c1c([2H])c(N(c2cccc3c2-c2ccccc2C3(c2ccccc2)c2ccccc2)c2c([2H])c([2H])c(-c3cccc(-c4cccc5ccccc45)c3)c([2H])c2[2H])c([2H])c([2H])c1-c1cccc(-c2ccccc2)c1. The molecule has 0 saturated heterocycles. The molecule has 0 unspecified atom stereocenters. The van der Waals surface area contributed by atoms with Crippen molar-refractivity contribution in [2.24, 2.45) is 0 Å². The van der Waals surface area contributed by atoms with Crippen LogP contribution in [0.4, 0.5) is 17.1 Å². The van der Waals surface area contributed by atoms with E-state index in [1.807, 2.05) is 158 Å². The summed E-state index contributed by atoms with van der Waals surface area (Å²) in [6, 6.07) is 70.3. The summed E-state index contributed by atoms with van der Waals surface area (Å²) in [5, 5.41) is 2.10. The Bertz CT molecular complexity index is 3910. The molecule has 0 aromatic heterocycles. The molecule has 66 heavy (non-hydrogen) atoms. The zero-order chi connectivity index (χ0) is 50.8. The Hall–Kier alpha value is -8.52. The Balaban J connectivity index is 1.14. The van der Waals surface area contributed by atoms with Crippen LogP contribution in [0.5, 0.6) is 0 Å². The van der Waals surface area contributed by atoms with Crippen LogP contribution in [0.2, 0.25) is 0 Å². The molecular formula is C65H45N. The predicted octanol–water partition coefficient (Wildman–Crippen LogP) is 17.3. The van der Waals surface area contributed by atoms with Gasteiger partial charge in [-0.1, -0.05) is 230 Å². The lowest BCUT2D eigenvalue weighted by Gasteiger charge is -2.34. The summed E-state index contributed by atoms with van der Waals surface area (Å²) in [5.74, 6) is 0. The number of fused-ring (bicyclic) bond motifs is 4. The zero-order valence-electron chi connectivity index (χ0n) is 43.8. The number of anilines is 3. The van der Waals surface area contributed by atoms with Gasteiger partial charge in [-0.25, -0.2) is 0 Å². The fourth-order valence-electron chi connectivity index (χ4n) is 9.94. The molecule has 310 valence electrons. The maximum atomic E-state index is 10.0. The van der Waals surface area contributed by atoms with Gasteiger partial charge < -0.3 is 4.90 Å². The highest BCUT2D eigenvalue weighted by atomic mass is 15.1. The highest BCUT2D eigenvalue weighted by Crippen LogP contribution is 2.59. The molecule has 0 aliphatic heterocycles. The van der Waals surface area contributed by atoms with Crippen molar-refractivity contribution in [3.8, 4) is 55.6 Å². The van der Waals surface area contributed by atoms with Gasteiger partial charge in [0.25, 0.3) is 0 Å². The Kier molecular flexibility index (Phi) is 7.86. The molecule has 1 aliphatic carbocycles. The molecule has 1 nitrogen and oxygen atoms in total. The molecule has 12 rings (SSSR count). The van der Waals surface area contributed by atoms with E-state index in [0.717, 1.165) is 60.8 Å². The van der Waals surface area contributed by atoms with Gasteiger partial charge in [0.05, 0.1) is 22.1 Å². The van der Waals surface area contributed by atoms with Gasteiger partial charge >= 0.3 is 0 Å². The van der Waals surface area contributed by atoms with Crippen molar-refractivity contribution in [3.05, 3.63) is 295 Å². The van der Waals surface area contributed by atoms with E-state index < -0.39 is 29.6 Å². The minimum atomic E-state index is -0.883. The van der Waals surface area contributed by atoms with Crippen LogP contribution in [-0.2, 0) is 5.41 Å². The Morgan fingerprint density at radius 2 is 0.758 bits per heavy atom. The molecule has 0 fully saturated rings. The Morgan fingerprint density at radius 1 is 0.318 bits per heavy atom. The maximum Gasteiger partial charge on any atom is 0.0714 e. The molecule has 0 atom stereocenters. The Morgan fingerprint density at radius 3 is 1.41 bits per heavy atom. The van der Waals surface area contributed by atoms with E-state index in [-0.39, 0.29) is 46.7 Å².